The van der Waals surface area contributed by atoms with E-state index in [-0.39, 0.29) is 34.7 Å². The van der Waals surface area contributed by atoms with E-state index in [1.54, 1.807) is 12.1 Å². The fourth-order valence-corrected chi connectivity index (χ4v) is 5.74. The van der Waals surface area contributed by atoms with E-state index in [1.807, 2.05) is 29.2 Å². The zero-order valence-electron chi connectivity index (χ0n) is 18.0. The molecule has 1 saturated heterocycles. The number of para-hydroxylation sites is 1. The number of fused-ring (bicyclic) bond motifs is 2. The third-order valence-corrected chi connectivity index (χ3v) is 7.50. The molecule has 2 fully saturated rings. The highest BCUT2D eigenvalue weighted by Crippen LogP contribution is 2.49. The molecule has 2 amide bonds. The Balaban J connectivity index is 1.23. The van der Waals surface area contributed by atoms with Crippen LogP contribution in [0, 0.1) is 11.7 Å². The number of nitrogens with one attached hydrogen (secondary N) is 2. The van der Waals surface area contributed by atoms with E-state index in [2.05, 4.69) is 20.5 Å². The summed E-state index contributed by atoms with van der Waals surface area (Å²) >= 11 is 1.17. The van der Waals surface area contributed by atoms with E-state index in [0.717, 1.165) is 23.7 Å². The van der Waals surface area contributed by atoms with Crippen LogP contribution in [0.25, 0.3) is 21.3 Å². The van der Waals surface area contributed by atoms with Gasteiger partial charge in [0.05, 0.1) is 16.4 Å². The molecule has 1 aliphatic carbocycles. The Morgan fingerprint density at radius 3 is 2.88 bits per heavy atom. The normalized spacial score (nSPS) is 21.0. The Labute approximate surface area is 198 Å². The van der Waals surface area contributed by atoms with Crippen molar-refractivity contribution < 1.29 is 14.0 Å². The molecule has 172 valence electrons. The predicted octanol–water partition coefficient (Wildman–Crippen LogP) is 3.44. The van der Waals surface area contributed by atoms with Gasteiger partial charge < -0.3 is 16.0 Å². The van der Waals surface area contributed by atoms with E-state index in [9.17, 15) is 14.0 Å². The summed E-state index contributed by atoms with van der Waals surface area (Å²) in [6, 6.07) is 13.5. The lowest BCUT2D eigenvalue weighted by Crippen LogP contribution is -2.45. The molecule has 6 rings (SSSR count). The number of rotatable bonds is 5. The summed E-state index contributed by atoms with van der Waals surface area (Å²) in [5.74, 6) is -0.492. The minimum atomic E-state index is -0.391. The number of likely N-dealkylation sites (tertiary alicyclic amines) is 1. The number of aromatic amines is 1. The van der Waals surface area contributed by atoms with Gasteiger partial charge in [-0.15, -0.1) is 0 Å². The predicted molar refractivity (Wildman–Crippen MR) is 127 cm³/mol. The topological polar surface area (TPSA) is 117 Å². The highest BCUT2D eigenvalue weighted by molar-refractivity contribution is 7.19. The monoisotopic (exact) mass is 476 g/mol. The lowest BCUT2D eigenvalue weighted by molar-refractivity contribution is 0.0684. The van der Waals surface area contributed by atoms with Crippen molar-refractivity contribution in [1.82, 2.24) is 25.4 Å². The number of nitrogen functional groups attached to an aromatic ring is 1. The summed E-state index contributed by atoms with van der Waals surface area (Å²) < 4.78 is 13.8. The van der Waals surface area contributed by atoms with Crippen molar-refractivity contribution in [2.75, 3.05) is 12.3 Å². The zero-order valence-corrected chi connectivity index (χ0v) is 18.8. The molecule has 34 heavy (non-hydrogen) atoms. The summed E-state index contributed by atoms with van der Waals surface area (Å²) in [6.07, 6.45) is 1.75. The first-order chi connectivity index (χ1) is 16.5. The Bertz CT molecular complexity index is 1430. The van der Waals surface area contributed by atoms with Crippen LogP contribution in [0.1, 0.15) is 33.8 Å². The van der Waals surface area contributed by atoms with E-state index < -0.39 is 5.82 Å². The second kappa shape index (κ2) is 7.91. The third-order valence-electron chi connectivity index (χ3n) is 6.56. The fourth-order valence-electron chi connectivity index (χ4n) is 4.92. The van der Waals surface area contributed by atoms with Gasteiger partial charge in [-0.25, -0.2) is 9.37 Å². The quantitative estimate of drug-likeness (QED) is 0.408. The molecule has 8 nitrogen and oxygen atoms in total. The molecule has 1 saturated carbocycles. The number of amides is 2. The maximum atomic E-state index is 13.8. The van der Waals surface area contributed by atoms with Gasteiger partial charge in [0.25, 0.3) is 11.8 Å². The Morgan fingerprint density at radius 1 is 1.18 bits per heavy atom. The van der Waals surface area contributed by atoms with Crippen molar-refractivity contribution in [2.45, 2.75) is 24.9 Å². The first-order valence-corrected chi connectivity index (χ1v) is 11.9. The number of H-pyrrole nitrogens is 1. The van der Waals surface area contributed by atoms with Crippen LogP contribution in [0.4, 0.5) is 9.52 Å². The molecule has 2 aliphatic rings. The number of nitrogens with two attached hydrogens (primary N) is 1. The maximum absolute atomic E-state index is 13.8. The van der Waals surface area contributed by atoms with Crippen LogP contribution in [0.3, 0.4) is 0 Å². The van der Waals surface area contributed by atoms with Gasteiger partial charge in [0.15, 0.2) is 10.8 Å². The van der Waals surface area contributed by atoms with Gasteiger partial charge in [-0.3, -0.25) is 14.7 Å². The van der Waals surface area contributed by atoms with Crippen LogP contribution >= 0.6 is 11.3 Å². The second-order valence-corrected chi connectivity index (χ2v) is 9.76. The summed E-state index contributed by atoms with van der Waals surface area (Å²) in [5.41, 5.74) is 7.87. The number of piperidine rings is 1. The maximum Gasteiger partial charge on any atom is 0.274 e. The average Bonchev–Trinajstić information content (AvgIpc) is 3.17. The van der Waals surface area contributed by atoms with Gasteiger partial charge in [-0.2, -0.15) is 5.10 Å². The van der Waals surface area contributed by atoms with Crippen LogP contribution in [0.2, 0.25) is 0 Å². The van der Waals surface area contributed by atoms with Crippen LogP contribution in [0.5, 0.6) is 0 Å². The second-order valence-electron chi connectivity index (χ2n) is 8.73. The highest BCUT2D eigenvalue weighted by atomic mass is 32.1. The smallest absolute Gasteiger partial charge is 0.274 e. The molecular formula is C24H21FN6O2S. The number of carbonyl (C=O) groups excluding carboxylic acids is 2. The van der Waals surface area contributed by atoms with E-state index in [4.69, 9.17) is 5.73 Å². The van der Waals surface area contributed by atoms with Gasteiger partial charge in [-0.1, -0.05) is 41.7 Å². The van der Waals surface area contributed by atoms with Crippen molar-refractivity contribution in [2.24, 2.45) is 5.92 Å². The minimum Gasteiger partial charge on any atom is -0.375 e. The lowest BCUT2D eigenvalue weighted by atomic mass is 10.1. The first kappa shape index (κ1) is 20.8. The molecule has 3 atom stereocenters. The highest BCUT2D eigenvalue weighted by Gasteiger charge is 2.54. The lowest BCUT2D eigenvalue weighted by Gasteiger charge is -2.27. The molecule has 3 heterocycles. The number of thiazole rings is 1. The van der Waals surface area contributed by atoms with Crippen LogP contribution < -0.4 is 11.1 Å². The van der Waals surface area contributed by atoms with Crippen molar-refractivity contribution in [1.29, 1.82) is 0 Å². The number of anilines is 1. The van der Waals surface area contributed by atoms with Crippen LogP contribution in [-0.4, -0.2) is 50.5 Å². The molecule has 10 heteroatoms. The summed E-state index contributed by atoms with van der Waals surface area (Å²) in [6.45, 7) is 0.313. The standard InChI is InChI=1S/C24H21FN6O2S/c25-14-5-3-4-12(8-14)21-20(28-24(26)34-21)23(33)31-15(9-13-10-18(13)31)11-27-22(32)19-16-6-1-2-7-17(16)29-30-19/h1-8,13,15,18H,9-11H2,(H2,26,28)(H,27,32)(H,29,30)/t13?,15-,18?/m0/s1. The zero-order chi connectivity index (χ0) is 23.4. The van der Waals surface area contributed by atoms with Crippen molar-refractivity contribution >= 4 is 39.2 Å². The number of carbonyl (C=O) groups is 2. The van der Waals surface area contributed by atoms with Gasteiger partial charge in [0.2, 0.25) is 0 Å². The average molecular weight is 477 g/mol. The number of hydrogen-bond donors (Lipinski definition) is 3. The minimum absolute atomic E-state index is 0.129. The van der Waals surface area contributed by atoms with Crippen molar-refractivity contribution in [3.05, 3.63) is 65.7 Å². The molecule has 0 radical (unpaired) electrons. The Kier molecular flexibility index (Phi) is 4.84. The van der Waals surface area contributed by atoms with Gasteiger partial charge >= 0.3 is 0 Å². The molecule has 4 N–H and O–H groups in total. The Hall–Kier alpha value is -3.79. The number of nitrogens with zero attached hydrogens (tertiary/aromatic N) is 3. The van der Waals surface area contributed by atoms with Crippen molar-refractivity contribution in [3.8, 4) is 10.4 Å². The molecule has 2 unspecified atom stereocenters. The molecule has 0 bridgehead atoms. The third kappa shape index (κ3) is 3.50. The van der Waals surface area contributed by atoms with E-state index in [0.29, 0.717) is 28.6 Å². The van der Waals surface area contributed by atoms with Crippen LogP contribution in [0.15, 0.2) is 48.5 Å². The number of benzene rings is 2. The largest absolute Gasteiger partial charge is 0.375 e. The number of aromatic nitrogens is 3. The van der Waals surface area contributed by atoms with Crippen molar-refractivity contribution in [3.63, 3.8) is 0 Å². The molecule has 4 aromatic rings. The number of halogens is 1. The molecule has 2 aromatic heterocycles. The van der Waals surface area contributed by atoms with Gasteiger partial charge in [0.1, 0.15) is 11.5 Å². The molecular weight excluding hydrogens is 455 g/mol. The molecule has 0 spiro atoms. The number of hydrogen-bond acceptors (Lipinski definition) is 6. The summed E-state index contributed by atoms with van der Waals surface area (Å²) in [5, 5.41) is 11.0. The van der Waals surface area contributed by atoms with E-state index in [1.165, 1.54) is 23.5 Å². The SMILES string of the molecule is Nc1nc(C(=O)N2C3CC3C[C@H]2CNC(=O)c2n[nH]c3ccccc23)c(-c2cccc(F)c2)s1. The molecule has 2 aromatic carbocycles. The van der Waals surface area contributed by atoms with Gasteiger partial charge in [0, 0.05) is 18.0 Å². The molecule has 1 aliphatic heterocycles. The van der Waals surface area contributed by atoms with Gasteiger partial charge in [-0.05, 0) is 42.5 Å². The summed E-state index contributed by atoms with van der Waals surface area (Å²) in [4.78, 5) is 33.1. The Morgan fingerprint density at radius 2 is 2.03 bits per heavy atom. The first-order valence-electron chi connectivity index (χ1n) is 11.1. The van der Waals surface area contributed by atoms with E-state index >= 15 is 0 Å². The summed E-state index contributed by atoms with van der Waals surface area (Å²) in [7, 11) is 0. The fraction of sp³-hybridized carbons (Fsp3) is 0.250. The van der Waals surface area contributed by atoms with Crippen LogP contribution in [-0.2, 0) is 0 Å².